The first-order chi connectivity index (χ1) is 12.1. The molecule has 2 aliphatic rings. The predicted octanol–water partition coefficient (Wildman–Crippen LogP) is 2.29. The number of carbonyl (C=O) groups excluding carboxylic acids is 2. The van der Waals surface area contributed by atoms with Crippen LogP contribution in [0.1, 0.15) is 31.7 Å². The lowest BCUT2D eigenvalue weighted by molar-refractivity contribution is -0.140. The van der Waals surface area contributed by atoms with Crippen LogP contribution >= 0.6 is 0 Å². The van der Waals surface area contributed by atoms with E-state index in [1.807, 2.05) is 16.7 Å². The minimum absolute atomic E-state index is 0.0893. The van der Waals surface area contributed by atoms with Crippen LogP contribution in [0.5, 0.6) is 0 Å². The molecule has 5 nitrogen and oxygen atoms in total. The van der Waals surface area contributed by atoms with Gasteiger partial charge in [0.05, 0.1) is 0 Å². The van der Waals surface area contributed by atoms with Crippen LogP contribution in [0.2, 0.25) is 0 Å². The second kappa shape index (κ2) is 7.89. The topological polar surface area (TPSA) is 43.9 Å². The normalized spacial score (nSPS) is 19.2. The SMILES string of the molecule is CCC(=O)N1CCC(C(=O)N2CCN(c3cccc(C)c3)CC2)CC1. The number of piperidine rings is 1. The summed E-state index contributed by atoms with van der Waals surface area (Å²) in [6, 6.07) is 8.55. The Hall–Kier alpha value is -2.04. The van der Waals surface area contributed by atoms with Crippen molar-refractivity contribution >= 4 is 17.5 Å². The second-order valence-electron chi connectivity index (χ2n) is 7.16. The first kappa shape index (κ1) is 17.8. The zero-order valence-electron chi connectivity index (χ0n) is 15.4. The van der Waals surface area contributed by atoms with E-state index in [1.54, 1.807) is 0 Å². The first-order valence-electron chi connectivity index (χ1n) is 9.46. The number of nitrogens with zero attached hydrogens (tertiary/aromatic N) is 3. The smallest absolute Gasteiger partial charge is 0.225 e. The fraction of sp³-hybridized carbons (Fsp3) is 0.600. The second-order valence-corrected chi connectivity index (χ2v) is 7.16. The number of amides is 2. The summed E-state index contributed by atoms with van der Waals surface area (Å²) >= 11 is 0. The van der Waals surface area contributed by atoms with Crippen molar-refractivity contribution in [2.24, 2.45) is 5.92 Å². The summed E-state index contributed by atoms with van der Waals surface area (Å²) in [6.07, 6.45) is 2.17. The zero-order valence-corrected chi connectivity index (χ0v) is 15.4. The molecule has 0 aromatic heterocycles. The summed E-state index contributed by atoms with van der Waals surface area (Å²) in [5.41, 5.74) is 2.52. The molecular weight excluding hydrogens is 314 g/mol. The minimum Gasteiger partial charge on any atom is -0.368 e. The third-order valence-electron chi connectivity index (χ3n) is 5.46. The van der Waals surface area contributed by atoms with Crippen molar-refractivity contribution < 1.29 is 9.59 Å². The number of rotatable bonds is 3. The first-order valence-corrected chi connectivity index (χ1v) is 9.46. The fourth-order valence-corrected chi connectivity index (χ4v) is 3.87. The van der Waals surface area contributed by atoms with E-state index in [2.05, 4.69) is 36.1 Å². The number of piperazine rings is 1. The molecule has 136 valence electrons. The average molecular weight is 343 g/mol. The van der Waals surface area contributed by atoms with Gasteiger partial charge in [-0.05, 0) is 37.5 Å². The molecule has 2 saturated heterocycles. The summed E-state index contributed by atoms with van der Waals surface area (Å²) < 4.78 is 0. The van der Waals surface area contributed by atoms with Gasteiger partial charge in [0.1, 0.15) is 0 Å². The van der Waals surface area contributed by atoms with Gasteiger partial charge >= 0.3 is 0 Å². The largest absolute Gasteiger partial charge is 0.368 e. The molecule has 1 aromatic carbocycles. The molecular formula is C20H29N3O2. The van der Waals surface area contributed by atoms with Gasteiger partial charge in [-0.15, -0.1) is 0 Å². The Morgan fingerprint density at radius 3 is 2.28 bits per heavy atom. The number of likely N-dealkylation sites (tertiary alicyclic amines) is 1. The molecule has 3 rings (SSSR count). The van der Waals surface area contributed by atoms with Crippen molar-refractivity contribution in [1.82, 2.24) is 9.80 Å². The van der Waals surface area contributed by atoms with Gasteiger partial charge in [-0.3, -0.25) is 9.59 Å². The molecule has 0 bridgehead atoms. The number of anilines is 1. The van der Waals surface area contributed by atoms with Gasteiger partial charge in [-0.25, -0.2) is 0 Å². The third kappa shape index (κ3) is 4.14. The number of aryl methyl sites for hydroxylation is 1. The van der Waals surface area contributed by atoms with Crippen molar-refractivity contribution in [2.45, 2.75) is 33.1 Å². The van der Waals surface area contributed by atoms with Crippen molar-refractivity contribution in [3.8, 4) is 0 Å². The summed E-state index contributed by atoms with van der Waals surface area (Å²) in [5.74, 6) is 0.580. The molecule has 2 amide bonds. The highest BCUT2D eigenvalue weighted by Crippen LogP contribution is 2.23. The summed E-state index contributed by atoms with van der Waals surface area (Å²) in [5, 5.41) is 0. The Labute approximate surface area is 150 Å². The van der Waals surface area contributed by atoms with Crippen LogP contribution in [0.4, 0.5) is 5.69 Å². The summed E-state index contributed by atoms with van der Waals surface area (Å²) in [7, 11) is 0. The van der Waals surface area contributed by atoms with Crippen LogP contribution in [0.25, 0.3) is 0 Å². The quantitative estimate of drug-likeness (QED) is 0.846. The van der Waals surface area contributed by atoms with Crippen molar-refractivity contribution in [2.75, 3.05) is 44.2 Å². The van der Waals surface area contributed by atoms with E-state index in [4.69, 9.17) is 0 Å². The number of carbonyl (C=O) groups is 2. The molecule has 0 radical (unpaired) electrons. The van der Waals surface area contributed by atoms with E-state index in [0.717, 1.165) is 52.1 Å². The van der Waals surface area contributed by atoms with Crippen LogP contribution < -0.4 is 4.90 Å². The molecule has 0 unspecified atom stereocenters. The van der Waals surface area contributed by atoms with E-state index in [0.29, 0.717) is 6.42 Å². The van der Waals surface area contributed by atoms with Gasteiger partial charge in [-0.2, -0.15) is 0 Å². The molecule has 2 heterocycles. The van der Waals surface area contributed by atoms with Gasteiger partial charge < -0.3 is 14.7 Å². The van der Waals surface area contributed by atoms with Gasteiger partial charge in [0.15, 0.2) is 0 Å². The highest BCUT2D eigenvalue weighted by Gasteiger charge is 2.31. The minimum atomic E-state index is 0.0893. The van der Waals surface area contributed by atoms with E-state index in [1.165, 1.54) is 11.3 Å². The molecule has 1 aromatic rings. The van der Waals surface area contributed by atoms with Crippen molar-refractivity contribution in [3.05, 3.63) is 29.8 Å². The predicted molar refractivity (Wildman–Crippen MR) is 99.6 cm³/mol. The van der Waals surface area contributed by atoms with Crippen molar-refractivity contribution in [3.63, 3.8) is 0 Å². The maximum atomic E-state index is 12.8. The molecule has 0 spiro atoms. The van der Waals surface area contributed by atoms with Crippen molar-refractivity contribution in [1.29, 1.82) is 0 Å². The number of hydrogen-bond donors (Lipinski definition) is 0. The Morgan fingerprint density at radius 2 is 1.68 bits per heavy atom. The maximum absolute atomic E-state index is 12.8. The number of hydrogen-bond acceptors (Lipinski definition) is 3. The lowest BCUT2D eigenvalue weighted by Crippen LogP contribution is -2.52. The molecule has 0 aliphatic carbocycles. The Balaban J connectivity index is 1.50. The van der Waals surface area contributed by atoms with Crippen LogP contribution in [-0.4, -0.2) is 60.9 Å². The molecule has 2 aliphatic heterocycles. The van der Waals surface area contributed by atoms with Gasteiger partial charge in [0.2, 0.25) is 11.8 Å². The van der Waals surface area contributed by atoms with Crippen LogP contribution in [0.15, 0.2) is 24.3 Å². The monoisotopic (exact) mass is 343 g/mol. The maximum Gasteiger partial charge on any atom is 0.225 e. The molecule has 2 fully saturated rings. The van der Waals surface area contributed by atoms with E-state index < -0.39 is 0 Å². The standard InChI is InChI=1S/C20H29N3O2/c1-3-19(24)22-9-7-17(8-10-22)20(25)23-13-11-21(12-14-23)18-6-4-5-16(2)15-18/h4-6,15,17H,3,7-14H2,1-2H3. The molecule has 0 atom stereocenters. The Kier molecular flexibility index (Phi) is 5.61. The van der Waals surface area contributed by atoms with E-state index >= 15 is 0 Å². The summed E-state index contributed by atoms with van der Waals surface area (Å²) in [6.45, 7) is 8.83. The zero-order chi connectivity index (χ0) is 17.8. The lowest BCUT2D eigenvalue weighted by atomic mass is 9.94. The fourth-order valence-electron chi connectivity index (χ4n) is 3.87. The van der Waals surface area contributed by atoms with E-state index in [9.17, 15) is 9.59 Å². The average Bonchev–Trinajstić information content (AvgIpc) is 2.67. The van der Waals surface area contributed by atoms with E-state index in [-0.39, 0.29) is 17.7 Å². The lowest BCUT2D eigenvalue weighted by Gasteiger charge is -2.39. The van der Waals surface area contributed by atoms with Crippen LogP contribution in [-0.2, 0) is 9.59 Å². The third-order valence-corrected chi connectivity index (χ3v) is 5.46. The molecule has 0 saturated carbocycles. The Bertz CT molecular complexity index is 615. The van der Waals surface area contributed by atoms with Gasteiger partial charge in [-0.1, -0.05) is 19.1 Å². The highest BCUT2D eigenvalue weighted by atomic mass is 16.2. The highest BCUT2D eigenvalue weighted by molar-refractivity contribution is 5.80. The molecule has 0 N–H and O–H groups in total. The number of benzene rings is 1. The van der Waals surface area contributed by atoms with Crippen LogP contribution in [0, 0.1) is 12.8 Å². The summed E-state index contributed by atoms with van der Waals surface area (Å²) in [4.78, 5) is 30.9. The molecule has 5 heteroatoms. The van der Waals surface area contributed by atoms with Gasteiger partial charge in [0, 0.05) is 57.3 Å². The molecule has 25 heavy (non-hydrogen) atoms. The van der Waals surface area contributed by atoms with Gasteiger partial charge in [0.25, 0.3) is 0 Å². The Morgan fingerprint density at radius 1 is 1.00 bits per heavy atom. The van der Waals surface area contributed by atoms with Crippen LogP contribution in [0.3, 0.4) is 0 Å².